The lowest BCUT2D eigenvalue weighted by Crippen LogP contribution is -2.03. The molecule has 10 heavy (non-hydrogen) atoms. The number of carbonyl (C=O) groups is 1. The van der Waals surface area contributed by atoms with Crippen LogP contribution >= 0.6 is 0 Å². The summed E-state index contributed by atoms with van der Waals surface area (Å²) in [6.07, 6.45) is 0.990. The van der Waals surface area contributed by atoms with Crippen molar-refractivity contribution in [2.45, 2.75) is 27.2 Å². The molecule has 1 rings (SSSR count). The van der Waals surface area contributed by atoms with E-state index in [0.29, 0.717) is 5.92 Å². The zero-order valence-corrected chi connectivity index (χ0v) is 6.72. The monoisotopic (exact) mass is 142 g/mol. The molecule has 0 aromatic carbocycles. The molecule has 1 N–H and O–H groups in total. The zero-order valence-electron chi connectivity index (χ0n) is 6.72. The van der Waals surface area contributed by atoms with Crippen molar-refractivity contribution in [2.75, 3.05) is 0 Å². The summed E-state index contributed by atoms with van der Waals surface area (Å²) in [5, 5.41) is 8.69. The summed E-state index contributed by atoms with van der Waals surface area (Å²) in [4.78, 5) is 10.5. The van der Waals surface area contributed by atoms with E-state index in [-0.39, 0.29) is 11.3 Å². The lowest BCUT2D eigenvalue weighted by molar-refractivity contribution is -0.139. The first-order valence-electron chi connectivity index (χ1n) is 3.74. The average molecular weight is 142 g/mol. The number of hydrogen-bond acceptors (Lipinski definition) is 1. The maximum absolute atomic E-state index is 10.5. The molecule has 0 amide bonds. The average Bonchev–Trinajstić information content (AvgIpc) is 2.33. The van der Waals surface area contributed by atoms with Crippen LogP contribution in [0.3, 0.4) is 0 Å². The van der Waals surface area contributed by atoms with E-state index in [2.05, 4.69) is 6.92 Å². The van der Waals surface area contributed by atoms with E-state index >= 15 is 0 Å². The first-order chi connectivity index (χ1) is 4.51. The summed E-state index contributed by atoms with van der Waals surface area (Å²) in [5.74, 6) is -0.306. The van der Waals surface area contributed by atoms with Crippen LogP contribution in [0.5, 0.6) is 0 Å². The largest absolute Gasteiger partial charge is 0.481 e. The van der Waals surface area contributed by atoms with Crippen LogP contribution in [0.15, 0.2) is 0 Å². The summed E-state index contributed by atoms with van der Waals surface area (Å²) in [6.45, 7) is 6.11. The van der Waals surface area contributed by atoms with Gasteiger partial charge in [-0.2, -0.15) is 0 Å². The molecule has 0 aromatic heterocycles. The number of aliphatic carboxylic acids is 1. The number of carboxylic acid groups (broad SMARTS) is 1. The van der Waals surface area contributed by atoms with Gasteiger partial charge in [-0.05, 0) is 11.3 Å². The highest BCUT2D eigenvalue weighted by Gasteiger charge is 2.60. The normalized spacial score (nSPS) is 35.5. The van der Waals surface area contributed by atoms with E-state index in [1.54, 1.807) is 0 Å². The molecule has 0 heterocycles. The third-order valence-corrected chi connectivity index (χ3v) is 2.76. The Bertz CT molecular complexity index is 161. The molecule has 0 bridgehead atoms. The van der Waals surface area contributed by atoms with Crippen molar-refractivity contribution >= 4 is 5.97 Å². The molecule has 2 atom stereocenters. The molecular weight excluding hydrogens is 128 g/mol. The Hall–Kier alpha value is -0.530. The van der Waals surface area contributed by atoms with Gasteiger partial charge in [0.05, 0.1) is 5.92 Å². The predicted molar refractivity (Wildman–Crippen MR) is 38.7 cm³/mol. The third-order valence-electron chi connectivity index (χ3n) is 2.76. The molecule has 2 heteroatoms. The smallest absolute Gasteiger partial charge is 0.307 e. The highest BCUT2D eigenvalue weighted by molar-refractivity contribution is 5.75. The molecular formula is C8H14O2. The van der Waals surface area contributed by atoms with Crippen molar-refractivity contribution in [2.24, 2.45) is 17.3 Å². The Balaban J connectivity index is 2.61. The SMILES string of the molecule is CC[C@H]1[C@H](C(=O)O)C1(C)C. The summed E-state index contributed by atoms with van der Waals surface area (Å²) >= 11 is 0. The molecule has 1 fully saturated rings. The van der Waals surface area contributed by atoms with Crippen LogP contribution in [0, 0.1) is 17.3 Å². The molecule has 1 saturated carbocycles. The number of hydrogen-bond donors (Lipinski definition) is 1. The zero-order chi connectivity index (χ0) is 7.94. The van der Waals surface area contributed by atoms with Gasteiger partial charge in [-0.3, -0.25) is 4.79 Å². The fourth-order valence-corrected chi connectivity index (χ4v) is 2.00. The Labute approximate surface area is 61.2 Å². The first-order valence-corrected chi connectivity index (χ1v) is 3.74. The molecule has 0 aliphatic heterocycles. The Morgan fingerprint density at radius 3 is 2.20 bits per heavy atom. The summed E-state index contributed by atoms with van der Waals surface area (Å²) < 4.78 is 0. The summed E-state index contributed by atoms with van der Waals surface area (Å²) in [7, 11) is 0. The highest BCUT2D eigenvalue weighted by atomic mass is 16.4. The quantitative estimate of drug-likeness (QED) is 0.637. The molecule has 58 valence electrons. The number of carboxylic acids is 1. The van der Waals surface area contributed by atoms with E-state index in [1.807, 2.05) is 13.8 Å². The Kier molecular flexibility index (Phi) is 1.50. The fourth-order valence-electron chi connectivity index (χ4n) is 2.00. The maximum Gasteiger partial charge on any atom is 0.307 e. The van der Waals surface area contributed by atoms with Crippen molar-refractivity contribution in [3.8, 4) is 0 Å². The van der Waals surface area contributed by atoms with Gasteiger partial charge in [0.25, 0.3) is 0 Å². The van der Waals surface area contributed by atoms with Crippen molar-refractivity contribution in [3.63, 3.8) is 0 Å². The van der Waals surface area contributed by atoms with Gasteiger partial charge in [-0.25, -0.2) is 0 Å². The van der Waals surface area contributed by atoms with Crippen LogP contribution in [0.1, 0.15) is 27.2 Å². The molecule has 1 aliphatic rings. The van der Waals surface area contributed by atoms with Gasteiger partial charge in [0, 0.05) is 0 Å². The van der Waals surface area contributed by atoms with E-state index < -0.39 is 5.97 Å². The van der Waals surface area contributed by atoms with Gasteiger partial charge in [-0.1, -0.05) is 27.2 Å². The van der Waals surface area contributed by atoms with E-state index in [9.17, 15) is 4.79 Å². The molecule has 0 radical (unpaired) electrons. The van der Waals surface area contributed by atoms with Crippen molar-refractivity contribution in [1.82, 2.24) is 0 Å². The second-order valence-electron chi connectivity index (χ2n) is 3.65. The van der Waals surface area contributed by atoms with Gasteiger partial charge < -0.3 is 5.11 Å². The van der Waals surface area contributed by atoms with Crippen LogP contribution in [-0.2, 0) is 4.79 Å². The molecule has 0 unspecified atom stereocenters. The number of rotatable bonds is 2. The van der Waals surface area contributed by atoms with Crippen LogP contribution in [-0.4, -0.2) is 11.1 Å². The van der Waals surface area contributed by atoms with Gasteiger partial charge in [0.2, 0.25) is 0 Å². The molecule has 2 nitrogen and oxygen atoms in total. The third kappa shape index (κ3) is 0.825. The fraction of sp³-hybridized carbons (Fsp3) is 0.875. The van der Waals surface area contributed by atoms with Crippen LogP contribution in [0.2, 0.25) is 0 Å². The maximum atomic E-state index is 10.5. The molecule has 0 spiro atoms. The minimum Gasteiger partial charge on any atom is -0.481 e. The standard InChI is InChI=1S/C8H14O2/c1-4-5-6(7(9)10)8(5,2)3/h5-6H,4H2,1-3H3,(H,9,10)/t5-,6+/m0/s1. The van der Waals surface area contributed by atoms with Gasteiger partial charge in [0.15, 0.2) is 0 Å². The predicted octanol–water partition coefficient (Wildman–Crippen LogP) is 1.75. The minimum absolute atomic E-state index is 0.0561. The second kappa shape index (κ2) is 1.97. The highest BCUT2D eigenvalue weighted by Crippen LogP contribution is 2.59. The molecule has 0 aromatic rings. The Morgan fingerprint density at radius 1 is 1.60 bits per heavy atom. The first kappa shape index (κ1) is 7.58. The van der Waals surface area contributed by atoms with Crippen LogP contribution < -0.4 is 0 Å². The molecule has 1 aliphatic carbocycles. The van der Waals surface area contributed by atoms with E-state index in [4.69, 9.17) is 5.11 Å². The van der Waals surface area contributed by atoms with E-state index in [0.717, 1.165) is 6.42 Å². The van der Waals surface area contributed by atoms with Crippen molar-refractivity contribution in [3.05, 3.63) is 0 Å². The summed E-state index contributed by atoms with van der Waals surface area (Å²) in [5.41, 5.74) is 0.0561. The molecule has 0 saturated heterocycles. The second-order valence-corrected chi connectivity index (χ2v) is 3.65. The summed E-state index contributed by atoms with van der Waals surface area (Å²) in [6, 6.07) is 0. The van der Waals surface area contributed by atoms with Gasteiger partial charge in [-0.15, -0.1) is 0 Å². The van der Waals surface area contributed by atoms with Crippen molar-refractivity contribution in [1.29, 1.82) is 0 Å². The van der Waals surface area contributed by atoms with Crippen molar-refractivity contribution < 1.29 is 9.90 Å². The van der Waals surface area contributed by atoms with Crippen LogP contribution in [0.4, 0.5) is 0 Å². The van der Waals surface area contributed by atoms with Gasteiger partial charge in [0.1, 0.15) is 0 Å². The Morgan fingerprint density at radius 2 is 2.10 bits per heavy atom. The minimum atomic E-state index is -0.628. The van der Waals surface area contributed by atoms with Gasteiger partial charge >= 0.3 is 5.97 Å². The lowest BCUT2D eigenvalue weighted by Gasteiger charge is -1.96. The van der Waals surface area contributed by atoms with E-state index in [1.165, 1.54) is 0 Å². The lowest BCUT2D eigenvalue weighted by atomic mass is 10.1. The van der Waals surface area contributed by atoms with Crippen LogP contribution in [0.25, 0.3) is 0 Å². The topological polar surface area (TPSA) is 37.3 Å².